The van der Waals surface area contributed by atoms with E-state index < -0.39 is 35.2 Å². The average molecular weight is 268 g/mol. The Labute approximate surface area is 97.2 Å². The van der Waals surface area contributed by atoms with Crippen molar-refractivity contribution in [3.8, 4) is 5.75 Å². The minimum absolute atomic E-state index is 0.00114. The SMILES string of the molecule is O=Cc1cc(OC(F)(F)F)cc(C(F)F)c1C=O. The third-order valence-electron chi connectivity index (χ3n) is 1.93. The predicted octanol–water partition coefficient (Wildman–Crippen LogP) is 3.15. The van der Waals surface area contributed by atoms with Crippen LogP contribution in [0.25, 0.3) is 0 Å². The molecule has 0 atom stereocenters. The maximum atomic E-state index is 12.5. The van der Waals surface area contributed by atoms with E-state index in [9.17, 15) is 31.5 Å². The van der Waals surface area contributed by atoms with Gasteiger partial charge in [0.2, 0.25) is 0 Å². The molecule has 98 valence electrons. The van der Waals surface area contributed by atoms with E-state index in [1.165, 1.54) is 0 Å². The Hall–Kier alpha value is -1.99. The smallest absolute Gasteiger partial charge is 0.406 e. The van der Waals surface area contributed by atoms with Gasteiger partial charge >= 0.3 is 6.36 Å². The molecule has 0 bridgehead atoms. The molecule has 18 heavy (non-hydrogen) atoms. The van der Waals surface area contributed by atoms with Crippen LogP contribution in [-0.4, -0.2) is 18.9 Å². The van der Waals surface area contributed by atoms with Crippen LogP contribution in [0.1, 0.15) is 32.7 Å². The Kier molecular flexibility index (Phi) is 4.00. The van der Waals surface area contributed by atoms with Crippen molar-refractivity contribution in [1.29, 1.82) is 0 Å². The van der Waals surface area contributed by atoms with Crippen LogP contribution in [-0.2, 0) is 0 Å². The second-order valence-electron chi connectivity index (χ2n) is 3.10. The Bertz CT molecular complexity index is 467. The highest BCUT2D eigenvalue weighted by atomic mass is 19.4. The van der Waals surface area contributed by atoms with Crippen LogP contribution in [0.15, 0.2) is 12.1 Å². The van der Waals surface area contributed by atoms with Gasteiger partial charge in [0.05, 0.1) is 0 Å². The summed E-state index contributed by atoms with van der Waals surface area (Å²) in [6, 6.07) is 0.936. The second kappa shape index (κ2) is 5.11. The number of hydrogen-bond donors (Lipinski definition) is 0. The lowest BCUT2D eigenvalue weighted by atomic mass is 10.0. The molecule has 0 spiro atoms. The molecule has 3 nitrogen and oxygen atoms in total. The van der Waals surface area contributed by atoms with Crippen LogP contribution in [0.3, 0.4) is 0 Å². The summed E-state index contributed by atoms with van der Waals surface area (Å²) >= 11 is 0. The molecule has 0 aliphatic heterocycles. The molecule has 1 rings (SSSR count). The maximum Gasteiger partial charge on any atom is 0.573 e. The first-order valence-electron chi connectivity index (χ1n) is 4.40. The lowest BCUT2D eigenvalue weighted by molar-refractivity contribution is -0.274. The van der Waals surface area contributed by atoms with E-state index in [1.807, 2.05) is 0 Å². The summed E-state index contributed by atoms with van der Waals surface area (Å²) in [5.41, 5.74) is -2.24. The summed E-state index contributed by atoms with van der Waals surface area (Å²) < 4.78 is 64.3. The van der Waals surface area contributed by atoms with Crippen LogP contribution < -0.4 is 4.74 Å². The van der Waals surface area contributed by atoms with Crippen molar-refractivity contribution in [3.63, 3.8) is 0 Å². The Balaban J connectivity index is 3.36. The molecule has 0 fully saturated rings. The van der Waals surface area contributed by atoms with Crippen molar-refractivity contribution in [1.82, 2.24) is 0 Å². The molecule has 0 radical (unpaired) electrons. The van der Waals surface area contributed by atoms with Crippen LogP contribution in [0.5, 0.6) is 5.75 Å². The van der Waals surface area contributed by atoms with Crippen molar-refractivity contribution in [2.24, 2.45) is 0 Å². The van der Waals surface area contributed by atoms with Crippen LogP contribution in [0.4, 0.5) is 22.0 Å². The van der Waals surface area contributed by atoms with E-state index in [4.69, 9.17) is 0 Å². The van der Waals surface area contributed by atoms with E-state index in [2.05, 4.69) is 4.74 Å². The van der Waals surface area contributed by atoms with Gasteiger partial charge in [-0.3, -0.25) is 9.59 Å². The molecule has 0 aromatic heterocycles. The number of aldehydes is 2. The minimum Gasteiger partial charge on any atom is -0.406 e. The maximum absolute atomic E-state index is 12.5. The quantitative estimate of drug-likeness (QED) is 0.622. The fourth-order valence-electron chi connectivity index (χ4n) is 1.28. The molecule has 0 unspecified atom stereocenters. The van der Waals surface area contributed by atoms with Gasteiger partial charge in [0.25, 0.3) is 6.43 Å². The van der Waals surface area contributed by atoms with Gasteiger partial charge in [-0.2, -0.15) is 0 Å². The third-order valence-corrected chi connectivity index (χ3v) is 1.93. The number of hydrogen-bond acceptors (Lipinski definition) is 3. The Morgan fingerprint density at radius 1 is 1.11 bits per heavy atom. The molecule has 0 heterocycles. The van der Waals surface area contributed by atoms with E-state index in [1.54, 1.807) is 0 Å². The van der Waals surface area contributed by atoms with Gasteiger partial charge in [-0.1, -0.05) is 0 Å². The van der Waals surface area contributed by atoms with Crippen LogP contribution in [0.2, 0.25) is 0 Å². The summed E-state index contributed by atoms with van der Waals surface area (Å²) in [7, 11) is 0. The largest absolute Gasteiger partial charge is 0.573 e. The molecular weight excluding hydrogens is 263 g/mol. The number of ether oxygens (including phenoxy) is 1. The number of rotatable bonds is 4. The van der Waals surface area contributed by atoms with Gasteiger partial charge in [-0.15, -0.1) is 13.2 Å². The topological polar surface area (TPSA) is 43.4 Å². The number of alkyl halides is 5. The monoisotopic (exact) mass is 268 g/mol. The molecular formula is C10H5F5O3. The van der Waals surface area contributed by atoms with E-state index >= 15 is 0 Å². The highest BCUT2D eigenvalue weighted by Gasteiger charge is 2.32. The van der Waals surface area contributed by atoms with Crippen molar-refractivity contribution in [2.75, 3.05) is 0 Å². The van der Waals surface area contributed by atoms with Gasteiger partial charge in [-0.25, -0.2) is 8.78 Å². The molecule has 0 saturated carbocycles. The summed E-state index contributed by atoms with van der Waals surface area (Å²) in [6.07, 6.45) is -8.32. The van der Waals surface area contributed by atoms with Gasteiger partial charge in [0.15, 0.2) is 12.6 Å². The van der Waals surface area contributed by atoms with Crippen molar-refractivity contribution >= 4 is 12.6 Å². The Morgan fingerprint density at radius 2 is 1.72 bits per heavy atom. The number of carbonyl (C=O) groups excluding carboxylic acids is 2. The van der Waals surface area contributed by atoms with E-state index in [0.29, 0.717) is 12.1 Å². The first-order valence-corrected chi connectivity index (χ1v) is 4.40. The lowest BCUT2D eigenvalue weighted by Crippen LogP contribution is -2.17. The lowest BCUT2D eigenvalue weighted by Gasteiger charge is -2.12. The fraction of sp³-hybridized carbons (Fsp3) is 0.200. The summed E-state index contributed by atoms with van der Waals surface area (Å²) in [4.78, 5) is 21.1. The molecule has 0 aliphatic rings. The zero-order valence-corrected chi connectivity index (χ0v) is 8.50. The minimum atomic E-state index is -5.08. The summed E-state index contributed by atoms with van der Waals surface area (Å²) in [5, 5.41) is 0. The van der Waals surface area contributed by atoms with E-state index in [-0.39, 0.29) is 12.6 Å². The molecule has 0 N–H and O–H groups in total. The zero-order chi connectivity index (χ0) is 13.9. The van der Waals surface area contributed by atoms with Crippen molar-refractivity contribution in [2.45, 2.75) is 12.8 Å². The molecule has 1 aromatic carbocycles. The normalized spacial score (nSPS) is 11.4. The highest BCUT2D eigenvalue weighted by Crippen LogP contribution is 2.31. The zero-order valence-electron chi connectivity index (χ0n) is 8.50. The van der Waals surface area contributed by atoms with Crippen LogP contribution >= 0.6 is 0 Å². The number of benzene rings is 1. The highest BCUT2D eigenvalue weighted by molar-refractivity contribution is 5.92. The van der Waals surface area contributed by atoms with Gasteiger partial charge < -0.3 is 4.74 Å². The van der Waals surface area contributed by atoms with Gasteiger partial charge in [0.1, 0.15) is 5.75 Å². The number of carbonyl (C=O) groups is 2. The Morgan fingerprint density at radius 3 is 2.11 bits per heavy atom. The van der Waals surface area contributed by atoms with Gasteiger partial charge in [0, 0.05) is 16.7 Å². The fourth-order valence-corrected chi connectivity index (χ4v) is 1.28. The third kappa shape index (κ3) is 3.25. The average Bonchev–Trinajstić information content (AvgIpc) is 2.25. The molecule has 0 saturated heterocycles. The van der Waals surface area contributed by atoms with E-state index in [0.717, 1.165) is 0 Å². The first kappa shape index (κ1) is 14.1. The molecule has 1 aromatic rings. The van der Waals surface area contributed by atoms with Crippen molar-refractivity contribution < 1.29 is 36.3 Å². The summed E-state index contributed by atoms with van der Waals surface area (Å²) in [5.74, 6) is -0.981. The van der Waals surface area contributed by atoms with Crippen LogP contribution in [0, 0.1) is 0 Å². The number of halogens is 5. The standard InChI is InChI=1S/C10H5F5O3/c11-9(12)7-2-6(18-10(13,14)15)1-5(3-16)8(7)4-17/h1-4,9H. The molecule has 0 amide bonds. The second-order valence-corrected chi connectivity index (χ2v) is 3.10. The van der Waals surface area contributed by atoms with Crippen molar-refractivity contribution in [3.05, 3.63) is 28.8 Å². The molecule has 0 aliphatic carbocycles. The van der Waals surface area contributed by atoms with Gasteiger partial charge in [-0.05, 0) is 12.1 Å². The predicted molar refractivity (Wildman–Crippen MR) is 48.9 cm³/mol. The first-order chi connectivity index (χ1) is 8.28. The summed E-state index contributed by atoms with van der Waals surface area (Å²) in [6.45, 7) is 0. The molecule has 8 heteroatoms.